The average molecular weight is 158 g/mol. The third-order valence-electron chi connectivity index (χ3n) is 2.42. The van der Waals surface area contributed by atoms with Gasteiger partial charge in [0.2, 0.25) is 0 Å². The van der Waals surface area contributed by atoms with Crippen molar-refractivity contribution in [3.8, 4) is 0 Å². The molecule has 11 heavy (non-hydrogen) atoms. The average Bonchev–Trinajstić information content (AvgIpc) is 2.00. The van der Waals surface area contributed by atoms with E-state index >= 15 is 0 Å². The molecule has 0 rings (SSSR count). The van der Waals surface area contributed by atoms with Crippen molar-refractivity contribution in [3.05, 3.63) is 0 Å². The van der Waals surface area contributed by atoms with Crippen molar-refractivity contribution in [2.45, 2.75) is 40.0 Å². The van der Waals surface area contributed by atoms with Crippen LogP contribution in [0.5, 0.6) is 0 Å². The number of hydrogen-bond donors (Lipinski definition) is 2. The Kier molecular flexibility index (Phi) is 6.57. The van der Waals surface area contributed by atoms with Gasteiger partial charge in [0.05, 0.1) is 0 Å². The molecule has 0 radical (unpaired) electrons. The van der Waals surface area contributed by atoms with Crippen molar-refractivity contribution < 1.29 is 0 Å². The van der Waals surface area contributed by atoms with Crippen molar-refractivity contribution in [3.63, 3.8) is 0 Å². The summed E-state index contributed by atoms with van der Waals surface area (Å²) in [6.07, 6.45) is 3.97. The largest absolute Gasteiger partial charge is 0.271 e. The van der Waals surface area contributed by atoms with Crippen molar-refractivity contribution in [2.75, 3.05) is 6.54 Å². The number of nitrogens with two attached hydrogens (primary N) is 1. The number of rotatable bonds is 6. The Labute approximate surface area is 70.5 Å². The normalized spacial score (nSPS) is 16.4. The highest BCUT2D eigenvalue weighted by molar-refractivity contribution is 4.62. The summed E-state index contributed by atoms with van der Waals surface area (Å²) in [5.41, 5.74) is 2.72. The smallest absolute Gasteiger partial charge is 0.0126 e. The van der Waals surface area contributed by atoms with Crippen LogP contribution in [0.3, 0.4) is 0 Å². The van der Waals surface area contributed by atoms with Gasteiger partial charge in [-0.2, -0.15) is 0 Å². The summed E-state index contributed by atoms with van der Waals surface area (Å²) in [6, 6.07) is 0. The molecule has 2 heteroatoms. The third-order valence-corrected chi connectivity index (χ3v) is 2.42. The summed E-state index contributed by atoms with van der Waals surface area (Å²) >= 11 is 0. The van der Waals surface area contributed by atoms with Gasteiger partial charge in [-0.1, -0.05) is 40.0 Å². The highest BCUT2D eigenvalue weighted by Gasteiger charge is 2.09. The van der Waals surface area contributed by atoms with E-state index in [1.165, 1.54) is 19.3 Å². The number of unbranched alkanes of at least 4 members (excludes halogenated alkanes) is 1. The topological polar surface area (TPSA) is 38.0 Å². The van der Waals surface area contributed by atoms with Gasteiger partial charge in [0.25, 0.3) is 0 Å². The lowest BCUT2D eigenvalue weighted by molar-refractivity contribution is 0.341. The summed E-state index contributed by atoms with van der Waals surface area (Å²) in [6.45, 7) is 7.72. The second-order valence-corrected chi connectivity index (χ2v) is 3.51. The molecule has 0 saturated heterocycles. The van der Waals surface area contributed by atoms with Gasteiger partial charge in [0, 0.05) is 6.54 Å². The Bertz CT molecular complexity index is 83.6. The molecular formula is C9H22N2. The van der Waals surface area contributed by atoms with Gasteiger partial charge in [-0.05, 0) is 11.8 Å². The minimum Gasteiger partial charge on any atom is -0.271 e. The molecular weight excluding hydrogens is 136 g/mol. The molecule has 2 nitrogen and oxygen atoms in total. The fraction of sp³-hybridized carbons (Fsp3) is 1.00. The third kappa shape index (κ3) is 5.22. The zero-order chi connectivity index (χ0) is 8.69. The quantitative estimate of drug-likeness (QED) is 0.458. The van der Waals surface area contributed by atoms with Gasteiger partial charge in [-0.25, -0.2) is 0 Å². The second kappa shape index (κ2) is 6.62. The van der Waals surface area contributed by atoms with E-state index in [4.69, 9.17) is 5.84 Å². The molecule has 0 aliphatic carbocycles. The van der Waals surface area contributed by atoms with Crippen LogP contribution < -0.4 is 11.3 Å². The molecule has 3 N–H and O–H groups in total. The lowest BCUT2D eigenvalue weighted by Crippen LogP contribution is -2.30. The molecule has 0 bridgehead atoms. The van der Waals surface area contributed by atoms with Crippen LogP contribution in [-0.2, 0) is 0 Å². The van der Waals surface area contributed by atoms with Gasteiger partial charge in [-0.15, -0.1) is 0 Å². The molecule has 0 aromatic heterocycles. The van der Waals surface area contributed by atoms with E-state index < -0.39 is 0 Å². The molecule has 0 aromatic carbocycles. The molecule has 0 aliphatic heterocycles. The molecule has 0 saturated carbocycles. The van der Waals surface area contributed by atoms with Gasteiger partial charge in [0.15, 0.2) is 0 Å². The molecule has 68 valence electrons. The molecule has 0 fully saturated rings. The van der Waals surface area contributed by atoms with Crippen LogP contribution >= 0.6 is 0 Å². The Morgan fingerprint density at radius 3 is 2.36 bits per heavy atom. The molecule has 0 heterocycles. The van der Waals surface area contributed by atoms with E-state index in [1.54, 1.807) is 0 Å². The molecule has 0 aromatic rings. The van der Waals surface area contributed by atoms with Crippen LogP contribution in [0.25, 0.3) is 0 Å². The molecule has 0 aliphatic rings. The van der Waals surface area contributed by atoms with Crippen molar-refractivity contribution in [1.29, 1.82) is 0 Å². The van der Waals surface area contributed by atoms with E-state index in [1.807, 2.05) is 0 Å². The summed E-state index contributed by atoms with van der Waals surface area (Å²) in [5, 5.41) is 0. The van der Waals surface area contributed by atoms with Crippen LogP contribution in [-0.4, -0.2) is 6.54 Å². The molecule has 0 spiro atoms. The predicted octanol–water partition coefficient (Wildman–Crippen LogP) is 1.91. The Morgan fingerprint density at radius 1 is 1.27 bits per heavy atom. The molecule has 0 amide bonds. The van der Waals surface area contributed by atoms with Crippen LogP contribution in [0, 0.1) is 11.8 Å². The zero-order valence-electron chi connectivity index (χ0n) is 8.06. The zero-order valence-corrected chi connectivity index (χ0v) is 8.06. The lowest BCUT2D eigenvalue weighted by atomic mass is 9.91. The van der Waals surface area contributed by atoms with Crippen molar-refractivity contribution in [2.24, 2.45) is 17.7 Å². The predicted molar refractivity (Wildman–Crippen MR) is 50.0 cm³/mol. The maximum atomic E-state index is 5.25. The molecule has 2 unspecified atom stereocenters. The Hall–Kier alpha value is -0.0800. The van der Waals surface area contributed by atoms with E-state index in [0.717, 1.165) is 12.5 Å². The summed E-state index contributed by atoms with van der Waals surface area (Å²) in [5.74, 6) is 6.74. The minimum absolute atomic E-state index is 0.701. The maximum absolute atomic E-state index is 5.25. The standard InChI is InChI=1S/C9H22N2/c1-4-5-6-8(2)9(3)7-11-10/h8-9,11H,4-7,10H2,1-3H3. The first-order valence-corrected chi connectivity index (χ1v) is 4.65. The Balaban J connectivity index is 3.38. The number of hydrogen-bond acceptors (Lipinski definition) is 2. The van der Waals surface area contributed by atoms with E-state index in [-0.39, 0.29) is 0 Å². The van der Waals surface area contributed by atoms with Crippen LogP contribution in [0.2, 0.25) is 0 Å². The lowest BCUT2D eigenvalue weighted by Gasteiger charge is -2.18. The summed E-state index contributed by atoms with van der Waals surface area (Å²) < 4.78 is 0. The van der Waals surface area contributed by atoms with E-state index in [2.05, 4.69) is 26.2 Å². The van der Waals surface area contributed by atoms with Gasteiger partial charge in [0.1, 0.15) is 0 Å². The van der Waals surface area contributed by atoms with Gasteiger partial charge >= 0.3 is 0 Å². The van der Waals surface area contributed by atoms with Gasteiger partial charge < -0.3 is 0 Å². The molecule has 2 atom stereocenters. The minimum atomic E-state index is 0.701. The fourth-order valence-electron chi connectivity index (χ4n) is 1.20. The highest BCUT2D eigenvalue weighted by Crippen LogP contribution is 2.16. The second-order valence-electron chi connectivity index (χ2n) is 3.51. The first-order chi connectivity index (χ1) is 5.22. The van der Waals surface area contributed by atoms with Crippen LogP contribution in [0.4, 0.5) is 0 Å². The number of nitrogens with one attached hydrogen (secondary N) is 1. The monoisotopic (exact) mass is 158 g/mol. The SMILES string of the molecule is CCCCC(C)C(C)CNN. The van der Waals surface area contributed by atoms with Crippen LogP contribution in [0.15, 0.2) is 0 Å². The first-order valence-electron chi connectivity index (χ1n) is 4.65. The highest BCUT2D eigenvalue weighted by atomic mass is 15.2. The summed E-state index contributed by atoms with van der Waals surface area (Å²) in [7, 11) is 0. The van der Waals surface area contributed by atoms with Gasteiger partial charge in [-0.3, -0.25) is 11.3 Å². The van der Waals surface area contributed by atoms with Crippen LogP contribution in [0.1, 0.15) is 40.0 Å². The number of hydrazine groups is 1. The van der Waals surface area contributed by atoms with E-state index in [9.17, 15) is 0 Å². The van der Waals surface area contributed by atoms with Crippen molar-refractivity contribution >= 4 is 0 Å². The maximum Gasteiger partial charge on any atom is 0.0126 e. The van der Waals surface area contributed by atoms with E-state index in [0.29, 0.717) is 5.92 Å². The first kappa shape index (κ1) is 10.9. The fourth-order valence-corrected chi connectivity index (χ4v) is 1.20. The van der Waals surface area contributed by atoms with Crippen molar-refractivity contribution in [1.82, 2.24) is 5.43 Å². The Morgan fingerprint density at radius 2 is 1.91 bits per heavy atom. The summed E-state index contributed by atoms with van der Waals surface area (Å²) in [4.78, 5) is 0.